The van der Waals surface area contributed by atoms with E-state index >= 15 is 0 Å². The Bertz CT molecular complexity index is 337. The predicted octanol–water partition coefficient (Wildman–Crippen LogP) is 1.25. The van der Waals surface area contributed by atoms with E-state index in [2.05, 4.69) is 0 Å². The first-order valence-corrected chi connectivity index (χ1v) is 5.32. The van der Waals surface area contributed by atoms with Crippen molar-refractivity contribution in [3.63, 3.8) is 0 Å². The Labute approximate surface area is 68.3 Å². The molecular weight excluding hydrogens is 188 g/mol. The van der Waals surface area contributed by atoms with Crippen LogP contribution in [0.25, 0.3) is 0 Å². The minimum Gasteiger partial charge on any atom is -0.436 e. The molecule has 0 fully saturated rings. The monoisotopic (exact) mass is 194 g/mol. The van der Waals surface area contributed by atoms with Crippen molar-refractivity contribution in [3.8, 4) is 0 Å². The Morgan fingerprint density at radius 2 is 2.18 bits per heavy atom. The van der Waals surface area contributed by atoms with Crippen LogP contribution < -0.4 is 0 Å². The van der Waals surface area contributed by atoms with Gasteiger partial charge in [0.15, 0.2) is 5.09 Å². The molecule has 1 aromatic heterocycles. The summed E-state index contributed by atoms with van der Waals surface area (Å²) in [4.78, 5) is 0. The second-order valence-electron chi connectivity index (χ2n) is 1.75. The summed E-state index contributed by atoms with van der Waals surface area (Å²) in [5.41, 5.74) is 0. The Morgan fingerprint density at radius 1 is 1.55 bits per heavy atom. The molecule has 62 valence electrons. The van der Waals surface area contributed by atoms with Crippen LogP contribution >= 0.6 is 11.8 Å². The Balaban J connectivity index is 3.09. The van der Waals surface area contributed by atoms with Crippen LogP contribution in [-0.2, 0) is 10.1 Å². The highest BCUT2D eigenvalue weighted by Crippen LogP contribution is 2.20. The van der Waals surface area contributed by atoms with E-state index < -0.39 is 15.2 Å². The molecule has 0 atom stereocenters. The van der Waals surface area contributed by atoms with E-state index in [1.54, 1.807) is 6.26 Å². The smallest absolute Gasteiger partial charge is 0.328 e. The van der Waals surface area contributed by atoms with Crippen LogP contribution in [0.3, 0.4) is 0 Å². The molecule has 0 aliphatic carbocycles. The summed E-state index contributed by atoms with van der Waals surface area (Å²) in [6, 6.07) is 2.69. The Morgan fingerprint density at radius 3 is 2.45 bits per heavy atom. The third-order valence-electron chi connectivity index (χ3n) is 1.01. The summed E-state index contributed by atoms with van der Waals surface area (Å²) >= 11 is 1.26. The van der Waals surface area contributed by atoms with Gasteiger partial charge in [-0.3, -0.25) is 4.55 Å². The van der Waals surface area contributed by atoms with E-state index in [9.17, 15) is 8.42 Å². The van der Waals surface area contributed by atoms with Crippen molar-refractivity contribution in [1.82, 2.24) is 0 Å². The summed E-state index contributed by atoms with van der Waals surface area (Å²) in [6.45, 7) is 0. The van der Waals surface area contributed by atoms with Crippen LogP contribution in [0.15, 0.2) is 26.7 Å². The van der Waals surface area contributed by atoms with Gasteiger partial charge in [-0.15, -0.1) is 0 Å². The molecule has 1 rings (SSSR count). The van der Waals surface area contributed by atoms with Crippen LogP contribution in [0.1, 0.15) is 0 Å². The highest BCUT2D eigenvalue weighted by Gasteiger charge is 2.13. The maximum atomic E-state index is 10.4. The molecule has 0 bridgehead atoms. The van der Waals surface area contributed by atoms with Crippen LogP contribution in [0, 0.1) is 0 Å². The van der Waals surface area contributed by atoms with Gasteiger partial charge in [-0.2, -0.15) is 8.42 Å². The van der Waals surface area contributed by atoms with Gasteiger partial charge in [-0.25, -0.2) is 0 Å². The van der Waals surface area contributed by atoms with Gasteiger partial charge in [0, 0.05) is 0 Å². The zero-order chi connectivity index (χ0) is 8.48. The molecular formula is C5H6O4S2. The van der Waals surface area contributed by atoms with Crippen molar-refractivity contribution < 1.29 is 17.4 Å². The topological polar surface area (TPSA) is 67.5 Å². The summed E-state index contributed by atoms with van der Waals surface area (Å²) in [5, 5.41) is 0.0412. The third-order valence-corrected chi connectivity index (χ3v) is 2.36. The molecule has 11 heavy (non-hydrogen) atoms. The molecule has 0 saturated carbocycles. The maximum absolute atomic E-state index is 10.4. The van der Waals surface area contributed by atoms with Crippen LogP contribution in [0.2, 0.25) is 0 Å². The van der Waals surface area contributed by atoms with E-state index in [4.69, 9.17) is 8.97 Å². The van der Waals surface area contributed by atoms with Gasteiger partial charge >= 0.3 is 10.1 Å². The van der Waals surface area contributed by atoms with Crippen LogP contribution in [0.4, 0.5) is 0 Å². The minimum absolute atomic E-state index is 0.415. The normalized spacial score (nSPS) is 11.8. The number of thioether (sulfide) groups is 1. The first kappa shape index (κ1) is 8.63. The zero-order valence-electron chi connectivity index (χ0n) is 5.64. The third kappa shape index (κ3) is 1.98. The molecule has 0 spiro atoms. The zero-order valence-corrected chi connectivity index (χ0v) is 7.28. The molecule has 0 unspecified atom stereocenters. The average Bonchev–Trinajstić information content (AvgIpc) is 2.32. The molecule has 4 nitrogen and oxygen atoms in total. The lowest BCUT2D eigenvalue weighted by Gasteiger charge is -1.88. The standard InChI is InChI=1S/C5H6O4S2/c1-10-4-2-3-5(9-4)11(6,7)8/h2-3H,1H3,(H,6,7,8). The van der Waals surface area contributed by atoms with Crippen molar-refractivity contribution in [2.24, 2.45) is 0 Å². The highest BCUT2D eigenvalue weighted by atomic mass is 32.2. The number of hydrogen-bond acceptors (Lipinski definition) is 4. The van der Waals surface area contributed by atoms with E-state index in [-0.39, 0.29) is 0 Å². The maximum Gasteiger partial charge on any atom is 0.328 e. The van der Waals surface area contributed by atoms with Gasteiger partial charge in [0.05, 0.1) is 0 Å². The largest absolute Gasteiger partial charge is 0.436 e. The predicted molar refractivity (Wildman–Crippen MR) is 40.3 cm³/mol. The van der Waals surface area contributed by atoms with Gasteiger partial charge in [0.25, 0.3) is 0 Å². The second kappa shape index (κ2) is 2.88. The second-order valence-corrected chi connectivity index (χ2v) is 3.92. The molecule has 0 aromatic carbocycles. The van der Waals surface area contributed by atoms with Crippen molar-refractivity contribution >= 4 is 21.9 Å². The molecule has 6 heteroatoms. The molecule has 1 heterocycles. The lowest BCUT2D eigenvalue weighted by molar-refractivity contribution is 0.360. The quantitative estimate of drug-likeness (QED) is 0.566. The summed E-state index contributed by atoms with van der Waals surface area (Å²) < 4.78 is 34.0. The molecule has 0 aliphatic heterocycles. The van der Waals surface area contributed by atoms with Crippen molar-refractivity contribution in [2.45, 2.75) is 10.2 Å². The van der Waals surface area contributed by atoms with Gasteiger partial charge < -0.3 is 4.42 Å². The molecule has 1 N–H and O–H groups in total. The van der Waals surface area contributed by atoms with Crippen LogP contribution in [-0.4, -0.2) is 19.2 Å². The minimum atomic E-state index is -4.17. The lowest BCUT2D eigenvalue weighted by Crippen LogP contribution is -1.94. The Kier molecular flexibility index (Phi) is 2.26. The van der Waals surface area contributed by atoms with Gasteiger partial charge in [0.1, 0.15) is 0 Å². The molecule has 1 aromatic rings. The molecule has 0 amide bonds. The van der Waals surface area contributed by atoms with Crippen molar-refractivity contribution in [2.75, 3.05) is 6.26 Å². The van der Waals surface area contributed by atoms with Crippen molar-refractivity contribution in [1.29, 1.82) is 0 Å². The lowest BCUT2D eigenvalue weighted by atomic mass is 10.7. The Hall–Kier alpha value is -0.460. The van der Waals surface area contributed by atoms with Gasteiger partial charge in [-0.1, -0.05) is 11.8 Å². The fourth-order valence-corrected chi connectivity index (χ4v) is 1.42. The van der Waals surface area contributed by atoms with E-state index in [0.29, 0.717) is 5.09 Å². The molecule has 0 radical (unpaired) electrons. The van der Waals surface area contributed by atoms with Crippen LogP contribution in [0.5, 0.6) is 0 Å². The fraction of sp³-hybridized carbons (Fsp3) is 0.200. The number of rotatable bonds is 2. The number of furan rings is 1. The highest BCUT2D eigenvalue weighted by molar-refractivity contribution is 7.98. The molecule has 0 aliphatic rings. The van der Waals surface area contributed by atoms with E-state index in [1.807, 2.05) is 0 Å². The fourth-order valence-electron chi connectivity index (χ4n) is 0.552. The first-order chi connectivity index (χ1) is 5.04. The molecule has 0 saturated heterocycles. The number of hydrogen-bond donors (Lipinski definition) is 1. The summed E-state index contributed by atoms with van der Waals surface area (Å²) in [6.07, 6.45) is 1.74. The van der Waals surface area contributed by atoms with Crippen molar-refractivity contribution in [3.05, 3.63) is 12.1 Å². The van der Waals surface area contributed by atoms with E-state index in [1.165, 1.54) is 23.9 Å². The SMILES string of the molecule is CSc1ccc(S(=O)(=O)O)o1. The first-order valence-electron chi connectivity index (χ1n) is 2.65. The summed E-state index contributed by atoms with van der Waals surface area (Å²) in [5.74, 6) is 0. The van der Waals surface area contributed by atoms with E-state index in [0.717, 1.165) is 0 Å². The van der Waals surface area contributed by atoms with Gasteiger partial charge in [0.2, 0.25) is 5.09 Å². The summed E-state index contributed by atoms with van der Waals surface area (Å²) in [7, 11) is -4.17. The average molecular weight is 194 g/mol. The van der Waals surface area contributed by atoms with Gasteiger partial charge in [-0.05, 0) is 18.4 Å².